The fourth-order valence-corrected chi connectivity index (χ4v) is 2.71. The molecule has 2 N–H and O–H groups in total. The van der Waals surface area contributed by atoms with Gasteiger partial charge in [-0.2, -0.15) is 26.3 Å². The molecular formula is C21H16F6N2. The molecule has 0 unspecified atom stereocenters. The molecule has 0 spiro atoms. The van der Waals surface area contributed by atoms with E-state index in [2.05, 4.69) is 10.9 Å². The molecule has 0 aliphatic heterocycles. The molecule has 0 amide bonds. The Morgan fingerprint density at radius 1 is 0.621 bits per heavy atom. The van der Waals surface area contributed by atoms with Crippen molar-refractivity contribution in [2.45, 2.75) is 18.9 Å². The second kappa shape index (κ2) is 8.16. The highest BCUT2D eigenvalue weighted by atomic mass is 19.4. The Morgan fingerprint density at radius 2 is 1.17 bits per heavy atom. The van der Waals surface area contributed by atoms with Crippen LogP contribution < -0.4 is 10.9 Å². The summed E-state index contributed by atoms with van der Waals surface area (Å²) in [4.78, 5) is 0. The molecule has 0 radical (unpaired) electrons. The Morgan fingerprint density at radius 3 is 1.69 bits per heavy atom. The second-order valence-electron chi connectivity index (χ2n) is 6.34. The molecule has 0 fully saturated rings. The monoisotopic (exact) mass is 410 g/mol. The third-order valence-corrected chi connectivity index (χ3v) is 4.17. The van der Waals surface area contributed by atoms with Crippen LogP contribution in [0.3, 0.4) is 0 Å². The summed E-state index contributed by atoms with van der Waals surface area (Å²) < 4.78 is 78.1. The predicted molar refractivity (Wildman–Crippen MR) is 98.8 cm³/mol. The highest BCUT2D eigenvalue weighted by Gasteiger charge is 2.36. The first-order valence-corrected chi connectivity index (χ1v) is 8.56. The van der Waals surface area contributed by atoms with Crippen LogP contribution in [0, 0.1) is 0 Å². The van der Waals surface area contributed by atoms with Gasteiger partial charge in [0.15, 0.2) is 0 Å². The van der Waals surface area contributed by atoms with Gasteiger partial charge in [-0.25, -0.2) is 5.43 Å². The first-order valence-electron chi connectivity index (χ1n) is 8.56. The van der Waals surface area contributed by atoms with E-state index in [1.807, 2.05) is 30.3 Å². The third-order valence-electron chi connectivity index (χ3n) is 4.17. The Kier molecular flexibility index (Phi) is 5.83. The van der Waals surface area contributed by atoms with E-state index in [4.69, 9.17) is 0 Å². The van der Waals surface area contributed by atoms with Gasteiger partial charge >= 0.3 is 12.4 Å². The Hall–Kier alpha value is -3.00. The summed E-state index contributed by atoms with van der Waals surface area (Å²) >= 11 is 0. The fourth-order valence-electron chi connectivity index (χ4n) is 2.71. The minimum absolute atomic E-state index is 0.122. The van der Waals surface area contributed by atoms with E-state index in [0.717, 1.165) is 23.4 Å². The number of hydrogen-bond acceptors (Lipinski definition) is 2. The molecule has 0 heterocycles. The van der Waals surface area contributed by atoms with Gasteiger partial charge in [0.05, 0.1) is 11.1 Å². The second-order valence-corrected chi connectivity index (χ2v) is 6.34. The number of rotatable bonds is 5. The third kappa shape index (κ3) is 5.51. The van der Waals surface area contributed by atoms with Crippen molar-refractivity contribution < 1.29 is 26.3 Å². The van der Waals surface area contributed by atoms with Gasteiger partial charge in [0.25, 0.3) is 0 Å². The van der Waals surface area contributed by atoms with Crippen LogP contribution in [0.1, 0.15) is 16.7 Å². The van der Waals surface area contributed by atoms with Crippen molar-refractivity contribution in [2.75, 3.05) is 5.43 Å². The molecule has 0 aromatic heterocycles. The van der Waals surface area contributed by atoms with Gasteiger partial charge < -0.3 is 5.43 Å². The molecule has 0 saturated heterocycles. The number of hydrazine groups is 1. The van der Waals surface area contributed by atoms with Crippen molar-refractivity contribution >= 4 is 5.69 Å². The van der Waals surface area contributed by atoms with E-state index in [-0.39, 0.29) is 17.2 Å². The van der Waals surface area contributed by atoms with Gasteiger partial charge in [0, 0.05) is 12.2 Å². The van der Waals surface area contributed by atoms with Crippen molar-refractivity contribution in [1.29, 1.82) is 0 Å². The number of benzene rings is 3. The smallest absolute Gasteiger partial charge is 0.321 e. The summed E-state index contributed by atoms with van der Waals surface area (Å²) in [6.07, 6.45) is -9.74. The zero-order chi connectivity index (χ0) is 21.1. The van der Waals surface area contributed by atoms with Crippen molar-refractivity contribution in [1.82, 2.24) is 5.43 Å². The molecule has 8 heteroatoms. The van der Waals surface area contributed by atoms with Crippen LogP contribution in [0.25, 0.3) is 11.1 Å². The first-order chi connectivity index (χ1) is 13.6. The maximum atomic E-state index is 13.0. The molecule has 0 saturated carbocycles. The molecule has 29 heavy (non-hydrogen) atoms. The van der Waals surface area contributed by atoms with Crippen molar-refractivity contribution in [3.8, 4) is 11.1 Å². The van der Waals surface area contributed by atoms with Crippen LogP contribution in [0.15, 0.2) is 72.8 Å². The maximum Gasteiger partial charge on any atom is 0.416 e. The molecule has 152 valence electrons. The SMILES string of the molecule is FC(F)(F)c1cc(-c2ccc(CNNc3ccccc3)cc2)cc(C(F)(F)F)c1. The number of nitrogens with one attached hydrogen (secondary N) is 2. The zero-order valence-electron chi connectivity index (χ0n) is 14.9. The lowest BCUT2D eigenvalue weighted by Crippen LogP contribution is -2.20. The Labute approximate surface area is 163 Å². The lowest BCUT2D eigenvalue weighted by Gasteiger charge is -2.14. The van der Waals surface area contributed by atoms with Crippen LogP contribution >= 0.6 is 0 Å². The lowest BCUT2D eigenvalue weighted by molar-refractivity contribution is -0.143. The van der Waals surface area contributed by atoms with E-state index in [1.54, 1.807) is 12.1 Å². The molecule has 0 aliphatic rings. The summed E-state index contributed by atoms with van der Waals surface area (Å²) in [6.45, 7) is 0.408. The number of halogens is 6. The summed E-state index contributed by atoms with van der Waals surface area (Å²) in [5.74, 6) is 0. The van der Waals surface area contributed by atoms with Gasteiger partial charge in [0.2, 0.25) is 0 Å². The molecule has 0 bridgehead atoms. The molecule has 3 aromatic rings. The van der Waals surface area contributed by atoms with E-state index in [1.165, 1.54) is 12.1 Å². The standard InChI is InChI=1S/C21H16F6N2/c22-20(23,24)17-10-16(11-18(12-17)21(25,26)27)15-8-6-14(7-9-15)13-28-29-19-4-2-1-3-5-19/h1-12,28-29H,13H2. The topological polar surface area (TPSA) is 24.1 Å². The van der Waals surface area contributed by atoms with E-state index < -0.39 is 23.5 Å². The number of hydrogen-bond donors (Lipinski definition) is 2. The average molecular weight is 410 g/mol. The van der Waals surface area contributed by atoms with E-state index in [9.17, 15) is 26.3 Å². The minimum atomic E-state index is -4.87. The largest absolute Gasteiger partial charge is 0.416 e. The summed E-state index contributed by atoms with van der Waals surface area (Å²) in [5.41, 5.74) is 5.09. The highest BCUT2D eigenvalue weighted by molar-refractivity contribution is 5.66. The van der Waals surface area contributed by atoms with Gasteiger partial charge in [-0.1, -0.05) is 42.5 Å². The molecule has 3 rings (SSSR count). The van der Waals surface area contributed by atoms with Crippen LogP contribution in [0.5, 0.6) is 0 Å². The molecule has 3 aromatic carbocycles. The Balaban J connectivity index is 1.78. The predicted octanol–water partition coefficient (Wildman–Crippen LogP) is 6.51. The van der Waals surface area contributed by atoms with Crippen LogP contribution in [-0.4, -0.2) is 0 Å². The first kappa shape index (κ1) is 20.7. The molecule has 0 aliphatic carbocycles. The zero-order valence-corrected chi connectivity index (χ0v) is 14.9. The Bertz CT molecular complexity index is 915. The highest BCUT2D eigenvalue weighted by Crippen LogP contribution is 2.38. The van der Waals surface area contributed by atoms with Crippen LogP contribution in [-0.2, 0) is 18.9 Å². The average Bonchev–Trinajstić information content (AvgIpc) is 2.68. The normalized spacial score (nSPS) is 12.1. The fraction of sp³-hybridized carbons (Fsp3) is 0.143. The lowest BCUT2D eigenvalue weighted by atomic mass is 9.98. The quantitative estimate of drug-likeness (QED) is 0.370. The van der Waals surface area contributed by atoms with Gasteiger partial charge in [-0.05, 0) is 47.0 Å². The maximum absolute atomic E-state index is 13.0. The van der Waals surface area contributed by atoms with E-state index >= 15 is 0 Å². The number of para-hydroxylation sites is 1. The van der Waals surface area contributed by atoms with Crippen molar-refractivity contribution in [2.24, 2.45) is 0 Å². The van der Waals surface area contributed by atoms with Gasteiger partial charge in [0.1, 0.15) is 0 Å². The molecular weight excluding hydrogens is 394 g/mol. The molecule has 2 nitrogen and oxygen atoms in total. The number of anilines is 1. The van der Waals surface area contributed by atoms with Gasteiger partial charge in [-0.3, -0.25) is 0 Å². The van der Waals surface area contributed by atoms with Crippen LogP contribution in [0.4, 0.5) is 32.0 Å². The molecule has 0 atom stereocenters. The van der Waals surface area contributed by atoms with Crippen LogP contribution in [0.2, 0.25) is 0 Å². The number of alkyl halides is 6. The van der Waals surface area contributed by atoms with Gasteiger partial charge in [-0.15, -0.1) is 0 Å². The summed E-state index contributed by atoms with van der Waals surface area (Å²) in [7, 11) is 0. The summed E-state index contributed by atoms with van der Waals surface area (Å²) in [6, 6.07) is 17.2. The minimum Gasteiger partial charge on any atom is -0.321 e. The van der Waals surface area contributed by atoms with E-state index in [0.29, 0.717) is 6.54 Å². The summed E-state index contributed by atoms with van der Waals surface area (Å²) in [5, 5.41) is 0. The van der Waals surface area contributed by atoms with Crippen molar-refractivity contribution in [3.05, 3.63) is 89.5 Å². The van der Waals surface area contributed by atoms with Crippen molar-refractivity contribution in [3.63, 3.8) is 0 Å².